The summed E-state index contributed by atoms with van der Waals surface area (Å²) in [5, 5.41) is 5.68. The van der Waals surface area contributed by atoms with Gasteiger partial charge in [-0.3, -0.25) is 9.59 Å². The number of hydrogen-bond donors (Lipinski definition) is 2. The molecule has 0 unspecified atom stereocenters. The lowest BCUT2D eigenvalue weighted by Crippen LogP contribution is -2.24. The summed E-state index contributed by atoms with van der Waals surface area (Å²) in [5.74, 6) is 0.750. The molecule has 0 radical (unpaired) electrons. The number of fused-ring (bicyclic) bond motifs is 1. The van der Waals surface area contributed by atoms with E-state index in [9.17, 15) is 9.59 Å². The molecular weight excluding hydrogens is 292 g/mol. The second-order valence-corrected chi connectivity index (χ2v) is 5.52. The van der Waals surface area contributed by atoms with Crippen LogP contribution in [0.15, 0.2) is 42.5 Å². The Bertz CT molecular complexity index is 738. The Kier molecular flexibility index (Phi) is 4.28. The van der Waals surface area contributed by atoms with Crippen molar-refractivity contribution in [3.8, 4) is 5.75 Å². The predicted octanol–water partition coefficient (Wildman–Crippen LogP) is 2.05. The molecule has 2 aromatic rings. The van der Waals surface area contributed by atoms with Gasteiger partial charge in [0, 0.05) is 12.2 Å². The number of nitrogens with one attached hydrogen (secondary N) is 2. The molecule has 0 bridgehead atoms. The summed E-state index contributed by atoms with van der Waals surface area (Å²) >= 11 is 0. The van der Waals surface area contributed by atoms with Crippen molar-refractivity contribution in [2.75, 3.05) is 12.4 Å². The Labute approximate surface area is 134 Å². The number of carbonyl (C=O) groups is 2. The van der Waals surface area contributed by atoms with Gasteiger partial charge in [-0.25, -0.2) is 0 Å². The third-order valence-corrected chi connectivity index (χ3v) is 3.81. The first-order valence-corrected chi connectivity index (χ1v) is 7.45. The van der Waals surface area contributed by atoms with Gasteiger partial charge in [-0.1, -0.05) is 24.3 Å². The van der Waals surface area contributed by atoms with E-state index in [1.165, 1.54) is 0 Å². The summed E-state index contributed by atoms with van der Waals surface area (Å²) in [6.45, 7) is 0.480. The van der Waals surface area contributed by atoms with Gasteiger partial charge in [0.2, 0.25) is 11.8 Å². The van der Waals surface area contributed by atoms with Crippen LogP contribution in [0.3, 0.4) is 0 Å². The van der Waals surface area contributed by atoms with E-state index >= 15 is 0 Å². The van der Waals surface area contributed by atoms with Gasteiger partial charge in [-0.15, -0.1) is 0 Å². The van der Waals surface area contributed by atoms with Crippen molar-refractivity contribution in [2.45, 2.75) is 19.4 Å². The Morgan fingerprint density at radius 3 is 2.65 bits per heavy atom. The maximum Gasteiger partial charge on any atom is 0.228 e. The molecule has 0 aromatic heterocycles. The van der Waals surface area contributed by atoms with Crippen molar-refractivity contribution in [3.05, 3.63) is 59.2 Å². The van der Waals surface area contributed by atoms with Crippen molar-refractivity contribution in [1.82, 2.24) is 5.32 Å². The van der Waals surface area contributed by atoms with Crippen LogP contribution in [0.25, 0.3) is 0 Å². The second kappa shape index (κ2) is 6.52. The first-order valence-electron chi connectivity index (χ1n) is 7.45. The molecule has 0 atom stereocenters. The van der Waals surface area contributed by atoms with Crippen LogP contribution in [0.2, 0.25) is 0 Å². The summed E-state index contributed by atoms with van der Waals surface area (Å²) in [7, 11) is 1.62. The van der Waals surface area contributed by atoms with Crippen molar-refractivity contribution in [3.63, 3.8) is 0 Å². The molecule has 23 heavy (non-hydrogen) atoms. The van der Waals surface area contributed by atoms with Crippen molar-refractivity contribution in [2.24, 2.45) is 0 Å². The van der Waals surface area contributed by atoms with E-state index in [1.807, 2.05) is 42.5 Å². The van der Waals surface area contributed by atoms with Crippen LogP contribution in [-0.4, -0.2) is 18.9 Å². The molecule has 2 amide bonds. The quantitative estimate of drug-likeness (QED) is 0.888. The SMILES string of the molecule is COc1ccc(CNC(=O)Cc2ccc3c(c2)CC(=O)N3)cc1. The largest absolute Gasteiger partial charge is 0.497 e. The Balaban J connectivity index is 1.55. The van der Waals surface area contributed by atoms with Gasteiger partial charge in [0.05, 0.1) is 20.0 Å². The molecule has 0 fully saturated rings. The van der Waals surface area contributed by atoms with Crippen molar-refractivity contribution in [1.29, 1.82) is 0 Å². The van der Waals surface area contributed by atoms with Crippen LogP contribution in [0.5, 0.6) is 5.75 Å². The highest BCUT2D eigenvalue weighted by molar-refractivity contribution is 5.99. The maximum atomic E-state index is 12.1. The molecule has 0 saturated carbocycles. The number of methoxy groups -OCH3 is 1. The number of ether oxygens (including phenoxy) is 1. The molecule has 3 rings (SSSR count). The lowest BCUT2D eigenvalue weighted by Gasteiger charge is -2.07. The fourth-order valence-corrected chi connectivity index (χ4v) is 2.58. The van der Waals surface area contributed by atoms with Crippen LogP contribution in [0, 0.1) is 0 Å². The molecule has 5 heteroatoms. The van der Waals surface area contributed by atoms with Crippen LogP contribution in [0.4, 0.5) is 5.69 Å². The standard InChI is InChI=1S/C18H18N2O3/c1-23-15-5-2-12(3-6-15)11-19-17(21)9-13-4-7-16-14(8-13)10-18(22)20-16/h2-8H,9-11H2,1H3,(H,19,21)(H,20,22). The molecule has 118 valence electrons. The molecule has 0 aliphatic carbocycles. The normalized spacial score (nSPS) is 12.5. The highest BCUT2D eigenvalue weighted by Gasteiger charge is 2.17. The highest BCUT2D eigenvalue weighted by atomic mass is 16.5. The Morgan fingerprint density at radius 1 is 1.17 bits per heavy atom. The van der Waals surface area contributed by atoms with Gasteiger partial charge in [-0.2, -0.15) is 0 Å². The lowest BCUT2D eigenvalue weighted by molar-refractivity contribution is -0.120. The van der Waals surface area contributed by atoms with Crippen molar-refractivity contribution >= 4 is 17.5 Å². The highest BCUT2D eigenvalue weighted by Crippen LogP contribution is 2.24. The molecule has 0 saturated heterocycles. The monoisotopic (exact) mass is 310 g/mol. The van der Waals surface area contributed by atoms with Crippen LogP contribution in [-0.2, 0) is 29.0 Å². The predicted molar refractivity (Wildman–Crippen MR) is 87.3 cm³/mol. The molecule has 5 nitrogen and oxygen atoms in total. The fourth-order valence-electron chi connectivity index (χ4n) is 2.58. The average Bonchev–Trinajstić information content (AvgIpc) is 2.92. The third-order valence-electron chi connectivity index (χ3n) is 3.81. The smallest absolute Gasteiger partial charge is 0.228 e. The lowest BCUT2D eigenvalue weighted by atomic mass is 10.1. The molecule has 0 spiro atoms. The molecule has 2 N–H and O–H groups in total. The number of hydrogen-bond acceptors (Lipinski definition) is 3. The van der Waals surface area contributed by atoms with E-state index in [0.717, 1.165) is 28.1 Å². The summed E-state index contributed by atoms with van der Waals surface area (Å²) in [6.07, 6.45) is 0.689. The van der Waals surface area contributed by atoms with Crippen molar-refractivity contribution < 1.29 is 14.3 Å². The third kappa shape index (κ3) is 3.69. The first-order chi connectivity index (χ1) is 11.1. The van der Waals surface area contributed by atoms with E-state index in [2.05, 4.69) is 10.6 Å². The summed E-state index contributed by atoms with van der Waals surface area (Å²) in [6, 6.07) is 13.2. The minimum Gasteiger partial charge on any atom is -0.497 e. The number of amides is 2. The number of carbonyl (C=O) groups excluding carboxylic acids is 2. The Morgan fingerprint density at radius 2 is 1.91 bits per heavy atom. The maximum absolute atomic E-state index is 12.1. The van der Waals surface area contributed by atoms with Crippen LogP contribution >= 0.6 is 0 Å². The van der Waals surface area contributed by atoms with Gasteiger partial charge in [-0.05, 0) is 34.9 Å². The number of benzene rings is 2. The average molecular weight is 310 g/mol. The van der Waals surface area contributed by atoms with Gasteiger partial charge in [0.1, 0.15) is 5.75 Å². The van der Waals surface area contributed by atoms with E-state index in [0.29, 0.717) is 19.4 Å². The van der Waals surface area contributed by atoms with E-state index in [4.69, 9.17) is 4.74 Å². The fraction of sp³-hybridized carbons (Fsp3) is 0.222. The molecule has 1 heterocycles. The molecule has 1 aliphatic rings. The molecule has 2 aromatic carbocycles. The van der Waals surface area contributed by atoms with E-state index in [-0.39, 0.29) is 11.8 Å². The van der Waals surface area contributed by atoms with E-state index < -0.39 is 0 Å². The topological polar surface area (TPSA) is 67.4 Å². The zero-order valence-electron chi connectivity index (χ0n) is 12.9. The summed E-state index contributed by atoms with van der Waals surface area (Å²) in [5.41, 5.74) is 3.73. The van der Waals surface area contributed by atoms with Gasteiger partial charge in [0.15, 0.2) is 0 Å². The zero-order valence-corrected chi connectivity index (χ0v) is 12.9. The number of rotatable bonds is 5. The van der Waals surface area contributed by atoms with Crippen LogP contribution in [0.1, 0.15) is 16.7 Å². The summed E-state index contributed by atoms with van der Waals surface area (Å²) in [4.78, 5) is 23.4. The van der Waals surface area contributed by atoms with Crippen LogP contribution < -0.4 is 15.4 Å². The minimum atomic E-state index is -0.0435. The first kappa shape index (κ1) is 15.1. The second-order valence-electron chi connectivity index (χ2n) is 5.52. The van der Waals surface area contributed by atoms with E-state index in [1.54, 1.807) is 7.11 Å². The zero-order chi connectivity index (χ0) is 16.2. The van der Waals surface area contributed by atoms with Gasteiger partial charge >= 0.3 is 0 Å². The van der Waals surface area contributed by atoms with Gasteiger partial charge < -0.3 is 15.4 Å². The minimum absolute atomic E-state index is 0.00103. The Hall–Kier alpha value is -2.82. The number of anilines is 1. The summed E-state index contributed by atoms with van der Waals surface area (Å²) < 4.78 is 5.10. The molecular formula is C18H18N2O3. The van der Waals surface area contributed by atoms with Gasteiger partial charge in [0.25, 0.3) is 0 Å². The molecule has 1 aliphatic heterocycles.